The van der Waals surface area contributed by atoms with Crippen LogP contribution in [-0.2, 0) is 0 Å². The Bertz CT molecular complexity index is 804. The van der Waals surface area contributed by atoms with Gasteiger partial charge in [0.25, 0.3) is 0 Å². The van der Waals surface area contributed by atoms with Gasteiger partial charge in [-0.2, -0.15) is 0 Å². The number of fused-ring (bicyclic) bond motifs is 2. The fourth-order valence-electron chi connectivity index (χ4n) is 2.06. The quantitative estimate of drug-likeness (QED) is 0.676. The topological polar surface area (TPSA) is 91.2 Å². The normalized spacial score (nSPS) is 10.4. The van der Waals surface area contributed by atoms with Gasteiger partial charge in [-0.05, 0) is 24.3 Å². The number of aromatic hydroxyl groups is 1. The van der Waals surface area contributed by atoms with E-state index in [1.165, 1.54) is 13.2 Å². The third-order valence-corrected chi connectivity index (χ3v) is 2.88. The molecule has 1 aromatic heterocycles. The maximum Gasteiger partial charge on any atom is 0.204 e. The predicted octanol–water partition coefficient (Wildman–Crippen LogP) is 1.84. The molecular weight excluding hydrogens is 248 g/mol. The van der Waals surface area contributed by atoms with Crippen LogP contribution in [0, 0.1) is 0 Å². The zero-order valence-corrected chi connectivity index (χ0v) is 10.1. The molecule has 3 N–H and O–H groups in total. The van der Waals surface area contributed by atoms with Gasteiger partial charge in [-0.15, -0.1) is 0 Å². The SMILES string of the molecule is COc1c(O)ccc2oc3ccccc3c(=O)c12.O. The molecule has 0 fully saturated rings. The molecule has 0 aliphatic heterocycles. The Hall–Kier alpha value is -2.53. The number of ether oxygens (including phenoxy) is 1. The highest BCUT2D eigenvalue weighted by Gasteiger charge is 2.14. The van der Waals surface area contributed by atoms with Gasteiger partial charge in [-0.25, -0.2) is 0 Å². The molecule has 1 heterocycles. The summed E-state index contributed by atoms with van der Waals surface area (Å²) in [4.78, 5) is 12.4. The van der Waals surface area contributed by atoms with Gasteiger partial charge in [0.05, 0.1) is 12.5 Å². The monoisotopic (exact) mass is 260 g/mol. The van der Waals surface area contributed by atoms with Gasteiger partial charge in [-0.3, -0.25) is 4.79 Å². The molecule has 0 bridgehead atoms. The molecule has 0 aliphatic rings. The minimum atomic E-state index is -0.209. The van der Waals surface area contributed by atoms with Gasteiger partial charge >= 0.3 is 0 Å². The Morgan fingerprint density at radius 3 is 2.58 bits per heavy atom. The Balaban J connectivity index is 0.00000133. The molecule has 19 heavy (non-hydrogen) atoms. The summed E-state index contributed by atoms with van der Waals surface area (Å²) in [5.74, 6) is 0.0691. The second-order valence-corrected chi connectivity index (χ2v) is 3.92. The second-order valence-electron chi connectivity index (χ2n) is 3.92. The van der Waals surface area contributed by atoms with E-state index in [2.05, 4.69) is 0 Å². The van der Waals surface area contributed by atoms with Gasteiger partial charge in [-0.1, -0.05) is 12.1 Å². The molecular formula is C14H12O5. The zero-order chi connectivity index (χ0) is 12.7. The lowest BCUT2D eigenvalue weighted by atomic mass is 10.1. The lowest BCUT2D eigenvalue weighted by molar-refractivity contribution is 0.377. The van der Waals surface area contributed by atoms with Crippen molar-refractivity contribution in [2.75, 3.05) is 7.11 Å². The molecule has 0 radical (unpaired) electrons. The Morgan fingerprint density at radius 1 is 1.11 bits per heavy atom. The van der Waals surface area contributed by atoms with Gasteiger partial charge in [0, 0.05) is 0 Å². The second kappa shape index (κ2) is 4.62. The Morgan fingerprint density at radius 2 is 1.84 bits per heavy atom. The lowest BCUT2D eigenvalue weighted by Crippen LogP contribution is -2.04. The maximum atomic E-state index is 12.4. The predicted molar refractivity (Wildman–Crippen MR) is 71.8 cm³/mol. The molecule has 5 heteroatoms. The fraction of sp³-hybridized carbons (Fsp3) is 0.0714. The number of hydrogen-bond acceptors (Lipinski definition) is 4. The molecule has 0 aliphatic carbocycles. The van der Waals surface area contributed by atoms with Crippen LogP contribution in [0.2, 0.25) is 0 Å². The minimum Gasteiger partial charge on any atom is -0.504 e. The molecule has 0 atom stereocenters. The van der Waals surface area contributed by atoms with Crippen molar-refractivity contribution in [2.24, 2.45) is 0 Å². The smallest absolute Gasteiger partial charge is 0.204 e. The number of rotatable bonds is 1. The van der Waals surface area contributed by atoms with Crippen molar-refractivity contribution in [1.82, 2.24) is 0 Å². The van der Waals surface area contributed by atoms with Crippen LogP contribution in [0.25, 0.3) is 21.9 Å². The van der Waals surface area contributed by atoms with E-state index in [0.717, 1.165) is 0 Å². The van der Waals surface area contributed by atoms with E-state index in [-0.39, 0.29) is 27.8 Å². The summed E-state index contributed by atoms with van der Waals surface area (Å²) in [7, 11) is 1.41. The summed E-state index contributed by atoms with van der Waals surface area (Å²) in [5, 5.41) is 10.4. The molecule has 0 saturated carbocycles. The van der Waals surface area contributed by atoms with E-state index in [0.29, 0.717) is 16.6 Å². The van der Waals surface area contributed by atoms with Gasteiger partial charge in [0.1, 0.15) is 16.6 Å². The first-order valence-corrected chi connectivity index (χ1v) is 5.44. The van der Waals surface area contributed by atoms with Crippen molar-refractivity contribution in [3.63, 3.8) is 0 Å². The van der Waals surface area contributed by atoms with Crippen molar-refractivity contribution < 1.29 is 19.7 Å². The Kier molecular flexibility index (Phi) is 3.14. The number of methoxy groups -OCH3 is 1. The number of phenolic OH excluding ortho intramolecular Hbond substituents is 1. The summed E-state index contributed by atoms with van der Waals surface area (Å²) < 4.78 is 10.7. The van der Waals surface area contributed by atoms with Crippen LogP contribution >= 0.6 is 0 Å². The minimum absolute atomic E-state index is 0. The first kappa shape index (κ1) is 12.9. The van der Waals surface area contributed by atoms with E-state index in [1.54, 1.807) is 30.3 Å². The number of benzene rings is 2. The van der Waals surface area contributed by atoms with Crippen LogP contribution in [0.15, 0.2) is 45.6 Å². The van der Waals surface area contributed by atoms with Gasteiger partial charge < -0.3 is 19.7 Å². The highest BCUT2D eigenvalue weighted by atomic mass is 16.5. The highest BCUT2D eigenvalue weighted by Crippen LogP contribution is 2.33. The molecule has 3 rings (SSSR count). The average Bonchev–Trinajstić information content (AvgIpc) is 2.40. The van der Waals surface area contributed by atoms with E-state index in [4.69, 9.17) is 9.15 Å². The van der Waals surface area contributed by atoms with Crippen molar-refractivity contribution in [3.05, 3.63) is 46.6 Å². The van der Waals surface area contributed by atoms with Crippen LogP contribution in [0.3, 0.4) is 0 Å². The summed E-state index contributed by atoms with van der Waals surface area (Å²) in [6, 6.07) is 9.98. The number of hydrogen-bond donors (Lipinski definition) is 1. The van der Waals surface area contributed by atoms with Crippen LogP contribution in [0.1, 0.15) is 0 Å². The molecule has 98 valence electrons. The highest BCUT2D eigenvalue weighted by molar-refractivity contribution is 5.94. The van der Waals surface area contributed by atoms with E-state index in [1.807, 2.05) is 0 Å². The molecule has 3 aromatic rings. The average molecular weight is 260 g/mol. The summed E-state index contributed by atoms with van der Waals surface area (Å²) in [5.41, 5.74) is 0.704. The molecule has 0 unspecified atom stereocenters. The molecule has 0 amide bonds. The van der Waals surface area contributed by atoms with Crippen molar-refractivity contribution in [3.8, 4) is 11.5 Å². The first-order valence-electron chi connectivity index (χ1n) is 5.44. The standard InChI is InChI=1S/C14H10O4.H2O/c1-17-14-9(15)6-7-11-12(14)13(16)8-4-2-3-5-10(8)18-11;/h2-7,15H,1H3;1H2. The first-order chi connectivity index (χ1) is 8.72. The fourth-order valence-corrected chi connectivity index (χ4v) is 2.06. The zero-order valence-electron chi connectivity index (χ0n) is 10.1. The third-order valence-electron chi connectivity index (χ3n) is 2.88. The van der Waals surface area contributed by atoms with E-state index < -0.39 is 0 Å². The van der Waals surface area contributed by atoms with E-state index in [9.17, 15) is 9.90 Å². The third kappa shape index (κ3) is 1.80. The molecule has 0 spiro atoms. The van der Waals surface area contributed by atoms with Crippen molar-refractivity contribution in [1.29, 1.82) is 0 Å². The van der Waals surface area contributed by atoms with Crippen molar-refractivity contribution in [2.45, 2.75) is 0 Å². The van der Waals surface area contributed by atoms with Crippen LogP contribution in [-0.4, -0.2) is 17.7 Å². The summed E-state index contributed by atoms with van der Waals surface area (Å²) in [6.45, 7) is 0. The van der Waals surface area contributed by atoms with Crippen molar-refractivity contribution >= 4 is 21.9 Å². The van der Waals surface area contributed by atoms with Crippen LogP contribution in [0.4, 0.5) is 0 Å². The van der Waals surface area contributed by atoms with Gasteiger partial charge in [0.2, 0.25) is 5.43 Å². The largest absolute Gasteiger partial charge is 0.504 e. The molecule has 0 saturated heterocycles. The molecule has 2 aromatic carbocycles. The summed E-state index contributed by atoms with van der Waals surface area (Å²) >= 11 is 0. The number of phenols is 1. The van der Waals surface area contributed by atoms with Crippen LogP contribution < -0.4 is 10.2 Å². The van der Waals surface area contributed by atoms with Gasteiger partial charge in [0.15, 0.2) is 11.5 Å². The summed E-state index contributed by atoms with van der Waals surface area (Å²) in [6.07, 6.45) is 0. The maximum absolute atomic E-state index is 12.4. The number of para-hydroxylation sites is 1. The lowest BCUT2D eigenvalue weighted by Gasteiger charge is -2.07. The Labute approximate surface area is 108 Å². The molecule has 5 nitrogen and oxygen atoms in total. The van der Waals surface area contributed by atoms with E-state index >= 15 is 0 Å². The van der Waals surface area contributed by atoms with Crippen LogP contribution in [0.5, 0.6) is 11.5 Å².